The first-order valence-corrected chi connectivity index (χ1v) is 6.94. The number of halogens is 1. The minimum atomic E-state index is -0.734. The molecule has 1 fully saturated rings. The first kappa shape index (κ1) is 16.5. The highest BCUT2D eigenvalue weighted by Crippen LogP contribution is 2.27. The van der Waals surface area contributed by atoms with Crippen LogP contribution in [0.25, 0.3) is 0 Å². The molecule has 2 amide bonds. The summed E-state index contributed by atoms with van der Waals surface area (Å²) < 4.78 is 18.6. The molecule has 6 nitrogen and oxygen atoms in total. The maximum atomic E-state index is 13.7. The number of hydrogen-bond donors (Lipinski definition) is 1. The van der Waals surface area contributed by atoms with Gasteiger partial charge in [-0.05, 0) is 12.1 Å². The number of para-hydroxylation sites is 1. The van der Waals surface area contributed by atoms with Crippen LogP contribution in [0.2, 0.25) is 0 Å². The van der Waals surface area contributed by atoms with Gasteiger partial charge in [0.1, 0.15) is 5.82 Å². The molecule has 120 valence electrons. The quantitative estimate of drug-likeness (QED) is 0.632. The van der Waals surface area contributed by atoms with Gasteiger partial charge in [0.25, 0.3) is 5.91 Å². The van der Waals surface area contributed by atoms with E-state index in [1.54, 1.807) is 6.07 Å². The fraction of sp³-hybridized carbons (Fsp3) is 0.312. The topological polar surface area (TPSA) is 75.7 Å². The van der Waals surface area contributed by atoms with Crippen molar-refractivity contribution in [3.8, 4) is 12.3 Å². The van der Waals surface area contributed by atoms with Gasteiger partial charge in [-0.1, -0.05) is 18.1 Å². The van der Waals surface area contributed by atoms with Crippen molar-refractivity contribution in [2.75, 3.05) is 24.6 Å². The van der Waals surface area contributed by atoms with Crippen molar-refractivity contribution < 1.29 is 23.5 Å². The lowest BCUT2D eigenvalue weighted by molar-refractivity contribution is -0.152. The van der Waals surface area contributed by atoms with Crippen LogP contribution in [0.3, 0.4) is 0 Å². The Morgan fingerprint density at radius 2 is 2.17 bits per heavy atom. The van der Waals surface area contributed by atoms with E-state index in [-0.39, 0.29) is 31.1 Å². The third-order valence-electron chi connectivity index (χ3n) is 3.33. The van der Waals surface area contributed by atoms with Gasteiger partial charge in [-0.2, -0.15) is 0 Å². The Balaban J connectivity index is 1.92. The fourth-order valence-corrected chi connectivity index (χ4v) is 2.22. The van der Waals surface area contributed by atoms with Crippen molar-refractivity contribution in [1.29, 1.82) is 0 Å². The molecule has 23 heavy (non-hydrogen) atoms. The minimum absolute atomic E-state index is 0.0184. The molecular weight excluding hydrogens is 303 g/mol. The summed E-state index contributed by atoms with van der Waals surface area (Å²) in [4.78, 5) is 36.4. The maximum Gasteiger partial charge on any atom is 0.311 e. The molecule has 2 rings (SSSR count). The third-order valence-corrected chi connectivity index (χ3v) is 3.33. The Kier molecular flexibility index (Phi) is 5.31. The minimum Gasteiger partial charge on any atom is -0.455 e. The summed E-state index contributed by atoms with van der Waals surface area (Å²) in [5.74, 6) is -0.617. The molecule has 0 radical (unpaired) electrons. The molecular formula is C16H15FN2O4. The van der Waals surface area contributed by atoms with Crippen molar-refractivity contribution in [2.45, 2.75) is 6.42 Å². The van der Waals surface area contributed by atoms with E-state index < -0.39 is 30.2 Å². The molecule has 1 N–H and O–H groups in total. The molecule has 7 heteroatoms. The largest absolute Gasteiger partial charge is 0.455 e. The summed E-state index contributed by atoms with van der Waals surface area (Å²) in [5, 5.41) is 2.35. The Bertz CT molecular complexity index is 668. The van der Waals surface area contributed by atoms with E-state index in [4.69, 9.17) is 11.2 Å². The lowest BCUT2D eigenvalue weighted by Gasteiger charge is -2.17. The van der Waals surface area contributed by atoms with Gasteiger partial charge in [0, 0.05) is 13.0 Å². The average Bonchev–Trinajstić information content (AvgIpc) is 2.93. The molecule has 1 atom stereocenters. The molecule has 0 unspecified atom stereocenters. The van der Waals surface area contributed by atoms with Gasteiger partial charge >= 0.3 is 5.97 Å². The van der Waals surface area contributed by atoms with Crippen LogP contribution in [-0.2, 0) is 19.1 Å². The summed E-state index contributed by atoms with van der Waals surface area (Å²) >= 11 is 0. The van der Waals surface area contributed by atoms with E-state index >= 15 is 0 Å². The summed E-state index contributed by atoms with van der Waals surface area (Å²) in [6, 6.07) is 5.82. The molecule has 0 bridgehead atoms. The summed E-state index contributed by atoms with van der Waals surface area (Å²) in [6.45, 7) is -0.408. The Morgan fingerprint density at radius 3 is 2.87 bits per heavy atom. The summed E-state index contributed by atoms with van der Waals surface area (Å²) in [6.07, 6.45) is 4.90. The van der Waals surface area contributed by atoms with Crippen LogP contribution in [0.5, 0.6) is 0 Å². The van der Waals surface area contributed by atoms with E-state index in [1.807, 2.05) is 0 Å². The van der Waals surface area contributed by atoms with Gasteiger partial charge in [0.05, 0.1) is 18.2 Å². The van der Waals surface area contributed by atoms with Gasteiger partial charge in [-0.15, -0.1) is 6.42 Å². The lowest BCUT2D eigenvalue weighted by Crippen LogP contribution is -2.31. The van der Waals surface area contributed by atoms with Crippen molar-refractivity contribution in [1.82, 2.24) is 5.32 Å². The number of hydrogen-bond acceptors (Lipinski definition) is 4. The van der Waals surface area contributed by atoms with Crippen LogP contribution in [-0.4, -0.2) is 37.5 Å². The average molecular weight is 318 g/mol. The van der Waals surface area contributed by atoms with Crippen molar-refractivity contribution in [3.63, 3.8) is 0 Å². The zero-order valence-electron chi connectivity index (χ0n) is 12.3. The van der Waals surface area contributed by atoms with Crippen molar-refractivity contribution in [3.05, 3.63) is 30.1 Å². The number of nitrogens with zero attached hydrogens (tertiary/aromatic N) is 1. The van der Waals surface area contributed by atoms with Crippen molar-refractivity contribution in [2.24, 2.45) is 5.92 Å². The van der Waals surface area contributed by atoms with Crippen LogP contribution < -0.4 is 10.2 Å². The normalized spacial score (nSPS) is 16.8. The Morgan fingerprint density at radius 1 is 1.43 bits per heavy atom. The van der Waals surface area contributed by atoms with Gasteiger partial charge in [0.15, 0.2) is 6.61 Å². The molecule has 1 aliphatic heterocycles. The number of rotatable bonds is 5. The molecule has 1 aromatic rings. The smallest absolute Gasteiger partial charge is 0.311 e. The highest BCUT2D eigenvalue weighted by Gasteiger charge is 2.37. The number of nitrogens with one attached hydrogen (secondary N) is 1. The van der Waals surface area contributed by atoms with E-state index in [0.29, 0.717) is 0 Å². The van der Waals surface area contributed by atoms with Crippen LogP contribution >= 0.6 is 0 Å². The zero-order chi connectivity index (χ0) is 16.8. The number of benzene rings is 1. The monoisotopic (exact) mass is 318 g/mol. The molecule has 0 aromatic heterocycles. The van der Waals surface area contributed by atoms with Crippen LogP contribution in [0, 0.1) is 24.1 Å². The number of terminal acetylenes is 1. The molecule has 1 saturated heterocycles. The van der Waals surface area contributed by atoms with E-state index in [9.17, 15) is 18.8 Å². The zero-order valence-corrected chi connectivity index (χ0v) is 12.3. The van der Waals surface area contributed by atoms with Crippen molar-refractivity contribution >= 4 is 23.5 Å². The molecule has 0 spiro atoms. The summed E-state index contributed by atoms with van der Waals surface area (Å²) in [7, 11) is 0. The predicted molar refractivity (Wildman–Crippen MR) is 79.7 cm³/mol. The number of ether oxygens (including phenoxy) is 1. The second-order valence-corrected chi connectivity index (χ2v) is 4.95. The first-order valence-electron chi connectivity index (χ1n) is 6.94. The van der Waals surface area contributed by atoms with E-state index in [0.717, 1.165) is 0 Å². The molecule has 0 saturated carbocycles. The van der Waals surface area contributed by atoms with Gasteiger partial charge in [-0.3, -0.25) is 14.4 Å². The number of anilines is 1. The highest BCUT2D eigenvalue weighted by molar-refractivity contribution is 5.99. The lowest BCUT2D eigenvalue weighted by atomic mass is 10.1. The van der Waals surface area contributed by atoms with Gasteiger partial charge < -0.3 is 15.0 Å². The Hall–Kier alpha value is -2.88. The second-order valence-electron chi connectivity index (χ2n) is 4.95. The first-order chi connectivity index (χ1) is 11.0. The maximum absolute atomic E-state index is 13.7. The molecule has 1 aromatic carbocycles. The predicted octanol–water partition coefficient (Wildman–Crippen LogP) is 0.471. The van der Waals surface area contributed by atoms with E-state index in [1.165, 1.54) is 23.1 Å². The van der Waals surface area contributed by atoms with Crippen LogP contribution in [0.4, 0.5) is 10.1 Å². The standard InChI is InChI=1S/C16H15FN2O4/c1-2-7-18-14(20)10-23-16(22)11-8-15(21)19(9-11)13-6-4-3-5-12(13)17/h1,3-6,11H,7-10H2,(H,18,20)/t11-/m1/s1. The third kappa shape index (κ3) is 4.07. The Labute approximate surface area is 132 Å². The number of carbonyl (C=O) groups is 3. The highest BCUT2D eigenvalue weighted by atomic mass is 19.1. The van der Waals surface area contributed by atoms with E-state index in [2.05, 4.69) is 11.2 Å². The second kappa shape index (κ2) is 7.40. The number of esters is 1. The fourth-order valence-electron chi connectivity index (χ4n) is 2.22. The summed E-state index contributed by atoms with van der Waals surface area (Å²) in [5.41, 5.74) is 0.125. The number of amides is 2. The van der Waals surface area contributed by atoms with Crippen LogP contribution in [0.15, 0.2) is 24.3 Å². The SMILES string of the molecule is C#CCNC(=O)COC(=O)[C@@H]1CC(=O)N(c2ccccc2F)C1. The van der Waals surface area contributed by atoms with Gasteiger partial charge in [-0.25, -0.2) is 4.39 Å². The van der Waals surface area contributed by atoms with Gasteiger partial charge in [0.2, 0.25) is 5.91 Å². The molecule has 1 heterocycles. The van der Waals surface area contributed by atoms with Crippen LogP contribution in [0.1, 0.15) is 6.42 Å². The molecule has 1 aliphatic rings. The molecule has 0 aliphatic carbocycles. The number of carbonyl (C=O) groups excluding carboxylic acids is 3.